The van der Waals surface area contributed by atoms with Gasteiger partial charge in [0, 0.05) is 0 Å². The Hall–Kier alpha value is -5.12. The molecular weight excluding hydrogens is 442 g/mol. The molecule has 0 fully saturated rings. The summed E-state index contributed by atoms with van der Waals surface area (Å²) in [5, 5.41) is 48.3. The van der Waals surface area contributed by atoms with Gasteiger partial charge in [-0.05, 0) is 32.3 Å². The normalized spacial score (nSPS) is 10.6. The van der Waals surface area contributed by atoms with Gasteiger partial charge >= 0.3 is 11.4 Å². The molecule has 0 saturated carbocycles. The fraction of sp³-hybridized carbons (Fsp3) is 0. The van der Waals surface area contributed by atoms with Crippen molar-refractivity contribution in [2.24, 2.45) is 0 Å². The van der Waals surface area contributed by atoms with E-state index >= 15 is 0 Å². The summed E-state index contributed by atoms with van der Waals surface area (Å²) in [6.07, 6.45) is 0. The number of nitrogens with zero attached hydrogens (tertiary/aromatic N) is 3. The number of aromatic hydroxyl groups is 1. The number of hydrogen-bond donors (Lipinski definition) is 1. The molecule has 0 bridgehead atoms. The van der Waals surface area contributed by atoms with E-state index < -0.39 is 37.6 Å². The Morgan fingerprint density at radius 1 is 0.500 bits per heavy atom. The van der Waals surface area contributed by atoms with E-state index in [9.17, 15) is 30.3 Å². The summed E-state index contributed by atoms with van der Waals surface area (Å²) in [4.78, 5) is 27.8. The number of phenolic OH excluding ortho intramolecular Hbond substituents is 1. The molecule has 0 saturated heterocycles. The van der Waals surface area contributed by atoms with Crippen LogP contribution in [0.5, 0.6) is 5.75 Å². The Balaban J connectivity index is 0.000000163. The highest BCUT2D eigenvalue weighted by Gasteiger charge is 2.30. The fourth-order valence-corrected chi connectivity index (χ4v) is 3.83. The molecule has 0 aliphatic rings. The van der Waals surface area contributed by atoms with Crippen molar-refractivity contribution in [2.75, 3.05) is 0 Å². The third kappa shape index (κ3) is 3.91. The molecule has 5 aromatic carbocycles. The lowest BCUT2D eigenvalue weighted by Crippen LogP contribution is -1.97. The molecule has 10 nitrogen and oxygen atoms in total. The summed E-state index contributed by atoms with van der Waals surface area (Å²) < 4.78 is 0. The van der Waals surface area contributed by atoms with Crippen LogP contribution >= 0.6 is 0 Å². The number of rotatable bonds is 3. The zero-order chi connectivity index (χ0) is 24.4. The predicted octanol–water partition coefficient (Wildman–Crippen LogP) is 6.26. The summed E-state index contributed by atoms with van der Waals surface area (Å²) in [5.74, 6) is -1.21. The van der Waals surface area contributed by atoms with Crippen molar-refractivity contribution in [2.45, 2.75) is 0 Å². The number of hydrogen-bond acceptors (Lipinski definition) is 7. The lowest BCUT2D eigenvalue weighted by atomic mass is 9.95. The van der Waals surface area contributed by atoms with Gasteiger partial charge in [0.1, 0.15) is 0 Å². The topological polar surface area (TPSA) is 150 Å². The lowest BCUT2D eigenvalue weighted by molar-refractivity contribution is -0.404. The number of non-ortho nitro benzene ring substituents is 1. The van der Waals surface area contributed by atoms with E-state index in [1.807, 2.05) is 0 Å². The lowest BCUT2D eigenvalue weighted by Gasteiger charge is -2.09. The number of phenols is 1. The van der Waals surface area contributed by atoms with Gasteiger partial charge in [0.15, 0.2) is 0 Å². The minimum Gasteiger partial charge on any atom is -0.497 e. The van der Waals surface area contributed by atoms with Gasteiger partial charge in [0.05, 0.1) is 26.9 Å². The zero-order valence-electron chi connectivity index (χ0n) is 17.3. The van der Waals surface area contributed by atoms with Crippen LogP contribution in [0.4, 0.5) is 17.1 Å². The van der Waals surface area contributed by atoms with Crippen LogP contribution in [-0.2, 0) is 0 Å². The summed E-state index contributed by atoms with van der Waals surface area (Å²) >= 11 is 0. The molecule has 0 aliphatic carbocycles. The second-order valence-electron chi connectivity index (χ2n) is 7.24. The van der Waals surface area contributed by atoms with E-state index in [-0.39, 0.29) is 0 Å². The van der Waals surface area contributed by atoms with Crippen LogP contribution in [0.3, 0.4) is 0 Å². The van der Waals surface area contributed by atoms with Crippen LogP contribution in [0.1, 0.15) is 0 Å². The molecule has 1 N–H and O–H groups in total. The van der Waals surface area contributed by atoms with Crippen LogP contribution < -0.4 is 0 Å². The molecule has 0 spiro atoms. The van der Waals surface area contributed by atoms with Crippen LogP contribution in [0.15, 0.2) is 84.9 Å². The highest BCUT2D eigenvalue weighted by Crippen LogP contribution is 2.39. The van der Waals surface area contributed by atoms with Gasteiger partial charge in [-0.15, -0.1) is 0 Å². The van der Waals surface area contributed by atoms with Crippen molar-refractivity contribution in [3.63, 3.8) is 0 Å². The molecule has 10 heteroatoms. The summed E-state index contributed by atoms with van der Waals surface area (Å²) in [6, 6.07) is 26.9. The summed E-state index contributed by atoms with van der Waals surface area (Å²) in [7, 11) is 0. The smallest absolute Gasteiger partial charge is 0.324 e. The van der Waals surface area contributed by atoms with E-state index in [0.717, 1.165) is 0 Å². The highest BCUT2D eigenvalue weighted by atomic mass is 16.6. The number of fused-ring (bicyclic) bond motifs is 6. The SMILES string of the molecule is O=[N+]([O-])c1cc([N+](=O)[O-])c(O)c([N+](=O)[O-])c1.c1ccc2c(c1)c1ccccc1c1ccccc21. The average Bonchev–Trinajstić information content (AvgIpc) is 2.84. The standard InChI is InChI=1S/C18H12.C6H3N3O7/c1-2-8-14-13(7-1)15-9-3-4-11-17(15)18-12-6-5-10-16(14)18;10-6-4(8(13)14)1-3(7(11)12)2-5(6)9(15)16/h1-12H;1-2,10H. The van der Waals surface area contributed by atoms with Crippen molar-refractivity contribution in [1.82, 2.24) is 0 Å². The Morgan fingerprint density at radius 2 is 0.765 bits per heavy atom. The molecule has 168 valence electrons. The minimum absolute atomic E-state index is 0.447. The second kappa shape index (κ2) is 8.79. The molecule has 0 aromatic heterocycles. The predicted molar refractivity (Wildman–Crippen MR) is 127 cm³/mol. The Kier molecular flexibility index (Phi) is 5.71. The first-order chi connectivity index (χ1) is 16.3. The van der Waals surface area contributed by atoms with Gasteiger partial charge in [-0.25, -0.2) is 0 Å². The van der Waals surface area contributed by atoms with Crippen molar-refractivity contribution < 1.29 is 19.9 Å². The molecular formula is C24H15N3O7. The third-order valence-electron chi connectivity index (χ3n) is 5.31. The molecule has 5 rings (SSSR count). The maximum absolute atomic E-state index is 10.4. The van der Waals surface area contributed by atoms with E-state index in [1.165, 1.54) is 32.3 Å². The van der Waals surface area contributed by atoms with Gasteiger partial charge in [-0.1, -0.05) is 72.8 Å². The van der Waals surface area contributed by atoms with Crippen LogP contribution in [0.25, 0.3) is 32.3 Å². The highest BCUT2D eigenvalue weighted by molar-refractivity contribution is 6.25. The average molecular weight is 457 g/mol. The monoisotopic (exact) mass is 457 g/mol. The maximum Gasteiger partial charge on any atom is 0.324 e. The zero-order valence-corrected chi connectivity index (χ0v) is 17.3. The molecule has 0 radical (unpaired) electrons. The van der Waals surface area contributed by atoms with Crippen LogP contribution in [0, 0.1) is 30.3 Å². The first-order valence-electron chi connectivity index (χ1n) is 9.88. The van der Waals surface area contributed by atoms with Crippen molar-refractivity contribution in [1.29, 1.82) is 0 Å². The largest absolute Gasteiger partial charge is 0.497 e. The fourth-order valence-electron chi connectivity index (χ4n) is 3.83. The Labute approximate surface area is 190 Å². The number of benzene rings is 5. The quantitative estimate of drug-likeness (QED) is 0.191. The van der Waals surface area contributed by atoms with E-state index in [4.69, 9.17) is 5.11 Å². The van der Waals surface area contributed by atoms with Gasteiger partial charge in [-0.3, -0.25) is 30.3 Å². The minimum atomic E-state index is -1.21. The van der Waals surface area contributed by atoms with Gasteiger partial charge in [0.25, 0.3) is 11.4 Å². The van der Waals surface area contributed by atoms with Gasteiger partial charge < -0.3 is 5.11 Å². The second-order valence-corrected chi connectivity index (χ2v) is 7.24. The first-order valence-corrected chi connectivity index (χ1v) is 9.88. The van der Waals surface area contributed by atoms with Crippen LogP contribution in [-0.4, -0.2) is 19.9 Å². The van der Waals surface area contributed by atoms with Crippen molar-refractivity contribution in [3.05, 3.63) is 115 Å². The molecule has 5 aromatic rings. The van der Waals surface area contributed by atoms with E-state index in [1.54, 1.807) is 0 Å². The van der Waals surface area contributed by atoms with E-state index in [2.05, 4.69) is 72.8 Å². The van der Waals surface area contributed by atoms with E-state index in [0.29, 0.717) is 12.1 Å². The molecule has 0 unspecified atom stereocenters. The molecule has 0 aliphatic heterocycles. The van der Waals surface area contributed by atoms with Crippen molar-refractivity contribution in [3.8, 4) is 5.75 Å². The number of nitro benzene ring substituents is 3. The first kappa shape index (κ1) is 22.1. The molecule has 0 atom stereocenters. The maximum atomic E-state index is 10.4. The summed E-state index contributed by atoms with van der Waals surface area (Å²) in [6.45, 7) is 0. The molecule has 0 amide bonds. The van der Waals surface area contributed by atoms with Crippen LogP contribution in [0.2, 0.25) is 0 Å². The third-order valence-corrected chi connectivity index (χ3v) is 5.31. The molecule has 0 heterocycles. The number of nitro groups is 3. The molecule has 34 heavy (non-hydrogen) atoms. The van der Waals surface area contributed by atoms with Crippen molar-refractivity contribution >= 4 is 49.4 Å². The van der Waals surface area contributed by atoms with Gasteiger partial charge in [-0.2, -0.15) is 0 Å². The Morgan fingerprint density at radius 3 is 0.971 bits per heavy atom. The van der Waals surface area contributed by atoms with Gasteiger partial charge in [0.2, 0.25) is 0 Å². The Bertz CT molecular complexity index is 1360. The summed E-state index contributed by atoms with van der Waals surface area (Å²) in [5.41, 5.74) is -3.00.